The van der Waals surface area contributed by atoms with Crippen LogP contribution in [0.5, 0.6) is 5.88 Å². The fourth-order valence-corrected chi connectivity index (χ4v) is 4.44. The number of carbonyl (C=O) groups is 1. The molecule has 2 aliphatic rings. The highest BCUT2D eigenvalue weighted by atomic mass is 19.1. The summed E-state index contributed by atoms with van der Waals surface area (Å²) in [7, 11) is 0. The minimum atomic E-state index is -0.544. The van der Waals surface area contributed by atoms with Gasteiger partial charge in [-0.05, 0) is 48.8 Å². The number of rotatable bonds is 4. The molecule has 2 aromatic heterocycles. The molecular weight excluding hydrogens is 425 g/mol. The Morgan fingerprint density at radius 2 is 2.12 bits per heavy atom. The summed E-state index contributed by atoms with van der Waals surface area (Å²) in [5.41, 5.74) is 8.61. The van der Waals surface area contributed by atoms with E-state index in [1.807, 2.05) is 6.92 Å². The lowest BCUT2D eigenvalue weighted by Gasteiger charge is -2.33. The van der Waals surface area contributed by atoms with Gasteiger partial charge in [0.05, 0.1) is 5.69 Å². The van der Waals surface area contributed by atoms with Crippen LogP contribution in [0.2, 0.25) is 0 Å². The number of ether oxygens (including phenoxy) is 2. The van der Waals surface area contributed by atoms with Crippen LogP contribution in [0, 0.1) is 18.7 Å². The van der Waals surface area contributed by atoms with E-state index in [0.29, 0.717) is 52.7 Å². The summed E-state index contributed by atoms with van der Waals surface area (Å²) in [5.74, 6) is 0.899. The molecule has 1 amide bonds. The van der Waals surface area contributed by atoms with Crippen LogP contribution in [0.4, 0.5) is 26.4 Å². The zero-order chi connectivity index (χ0) is 23.1. The molecule has 3 aromatic rings. The van der Waals surface area contributed by atoms with Crippen molar-refractivity contribution in [2.45, 2.75) is 39.2 Å². The van der Waals surface area contributed by atoms with Crippen LogP contribution >= 0.6 is 0 Å². The minimum Gasteiger partial charge on any atom is -0.474 e. The van der Waals surface area contributed by atoms with Gasteiger partial charge in [0.25, 0.3) is 0 Å². The molecule has 1 aliphatic carbocycles. The van der Waals surface area contributed by atoms with Gasteiger partial charge in [0.2, 0.25) is 5.88 Å². The average molecular weight is 452 g/mol. The van der Waals surface area contributed by atoms with Gasteiger partial charge in [0.15, 0.2) is 5.82 Å². The largest absolute Gasteiger partial charge is 0.474 e. The van der Waals surface area contributed by atoms with Crippen LogP contribution < -0.4 is 21.1 Å². The van der Waals surface area contributed by atoms with Crippen molar-refractivity contribution in [2.75, 3.05) is 29.5 Å². The number of pyridine rings is 2. The van der Waals surface area contributed by atoms with E-state index in [1.54, 1.807) is 18.3 Å². The number of nitrogen functional groups attached to an aromatic ring is 1. The van der Waals surface area contributed by atoms with Crippen LogP contribution in [-0.4, -0.2) is 35.3 Å². The second-order valence-corrected chi connectivity index (χ2v) is 8.59. The smallest absolute Gasteiger partial charge is 0.413 e. The number of nitrogens with zero attached hydrogens (tertiary/aromatic N) is 2. The predicted octanol–water partition coefficient (Wildman–Crippen LogP) is 4.87. The first-order valence-corrected chi connectivity index (χ1v) is 11.2. The molecular formula is C24H26FN5O3. The Morgan fingerprint density at radius 1 is 1.30 bits per heavy atom. The molecule has 1 fully saturated rings. The normalized spacial score (nSPS) is 19.1. The number of fused-ring (bicyclic) bond motifs is 2. The fourth-order valence-electron chi connectivity index (χ4n) is 4.44. The maximum absolute atomic E-state index is 15.3. The van der Waals surface area contributed by atoms with Crippen LogP contribution in [0.1, 0.15) is 31.7 Å². The number of amides is 1. The molecule has 1 saturated carbocycles. The van der Waals surface area contributed by atoms with Crippen LogP contribution in [-0.2, 0) is 4.74 Å². The Balaban J connectivity index is 1.45. The summed E-state index contributed by atoms with van der Waals surface area (Å²) in [6, 6.07) is 3.35. The molecule has 9 heteroatoms. The third-order valence-electron chi connectivity index (χ3n) is 6.51. The van der Waals surface area contributed by atoms with E-state index in [4.69, 9.17) is 15.2 Å². The van der Waals surface area contributed by atoms with Crippen molar-refractivity contribution >= 4 is 34.1 Å². The summed E-state index contributed by atoms with van der Waals surface area (Å²) in [6.45, 7) is 5.20. The predicted molar refractivity (Wildman–Crippen MR) is 125 cm³/mol. The number of nitrogens with one attached hydrogen (secondary N) is 2. The molecule has 0 spiro atoms. The van der Waals surface area contributed by atoms with Crippen LogP contribution in [0.15, 0.2) is 24.5 Å². The zero-order valence-corrected chi connectivity index (χ0v) is 18.6. The SMILES string of the molecule is CCC1CC(OC(=O)Nc2cc3cc(-c4cnc5c(c4C)NCCO5)c(F)c(N)c3cn2)C1. The first-order chi connectivity index (χ1) is 15.9. The number of halogens is 1. The number of anilines is 3. The lowest BCUT2D eigenvalue weighted by Crippen LogP contribution is -2.34. The molecule has 5 rings (SSSR count). The van der Waals surface area contributed by atoms with E-state index < -0.39 is 11.9 Å². The molecule has 0 saturated heterocycles. The van der Waals surface area contributed by atoms with Crippen molar-refractivity contribution in [3.63, 3.8) is 0 Å². The molecule has 172 valence electrons. The third kappa shape index (κ3) is 3.88. The van der Waals surface area contributed by atoms with Gasteiger partial charge >= 0.3 is 6.09 Å². The molecule has 0 bridgehead atoms. The van der Waals surface area contributed by atoms with Crippen molar-refractivity contribution in [1.82, 2.24) is 9.97 Å². The van der Waals surface area contributed by atoms with E-state index >= 15 is 4.39 Å². The van der Waals surface area contributed by atoms with Gasteiger partial charge in [0.1, 0.15) is 24.2 Å². The maximum atomic E-state index is 15.3. The van der Waals surface area contributed by atoms with E-state index in [2.05, 4.69) is 27.5 Å². The number of hydrogen-bond acceptors (Lipinski definition) is 7. The topological polar surface area (TPSA) is 111 Å². The molecule has 0 atom stereocenters. The van der Waals surface area contributed by atoms with Crippen LogP contribution in [0.25, 0.3) is 21.9 Å². The highest BCUT2D eigenvalue weighted by molar-refractivity contribution is 5.99. The van der Waals surface area contributed by atoms with Gasteiger partial charge < -0.3 is 20.5 Å². The van der Waals surface area contributed by atoms with Gasteiger partial charge in [-0.15, -0.1) is 0 Å². The lowest BCUT2D eigenvalue weighted by atomic mass is 9.81. The van der Waals surface area contributed by atoms with Crippen molar-refractivity contribution in [3.05, 3.63) is 35.9 Å². The molecule has 8 nitrogen and oxygen atoms in total. The molecule has 0 unspecified atom stereocenters. The van der Waals surface area contributed by atoms with Gasteiger partial charge in [0, 0.05) is 35.5 Å². The summed E-state index contributed by atoms with van der Waals surface area (Å²) in [5, 5.41) is 7.03. The Kier molecular flexibility index (Phi) is 5.39. The lowest BCUT2D eigenvalue weighted by molar-refractivity contribution is 0.0236. The minimum absolute atomic E-state index is 0.00877. The van der Waals surface area contributed by atoms with E-state index in [0.717, 1.165) is 30.5 Å². The summed E-state index contributed by atoms with van der Waals surface area (Å²) in [4.78, 5) is 20.8. The third-order valence-corrected chi connectivity index (χ3v) is 6.51. The maximum Gasteiger partial charge on any atom is 0.413 e. The summed E-state index contributed by atoms with van der Waals surface area (Å²) >= 11 is 0. The highest BCUT2D eigenvalue weighted by Crippen LogP contribution is 2.39. The molecule has 1 aromatic carbocycles. The van der Waals surface area contributed by atoms with Crippen molar-refractivity contribution in [3.8, 4) is 17.0 Å². The number of benzene rings is 1. The number of nitrogens with two attached hydrogens (primary N) is 1. The highest BCUT2D eigenvalue weighted by Gasteiger charge is 2.30. The molecule has 4 N–H and O–H groups in total. The van der Waals surface area contributed by atoms with Gasteiger partial charge in [-0.25, -0.2) is 19.2 Å². The van der Waals surface area contributed by atoms with Crippen molar-refractivity contribution < 1.29 is 18.7 Å². The fraction of sp³-hybridized carbons (Fsp3) is 0.375. The Labute approximate surface area is 190 Å². The van der Waals surface area contributed by atoms with Crippen LogP contribution in [0.3, 0.4) is 0 Å². The van der Waals surface area contributed by atoms with Gasteiger partial charge in [-0.3, -0.25) is 5.32 Å². The Bertz CT molecular complexity index is 1240. The Morgan fingerprint density at radius 3 is 2.91 bits per heavy atom. The van der Waals surface area contributed by atoms with E-state index in [1.165, 1.54) is 6.20 Å². The Hall–Kier alpha value is -3.62. The molecule has 33 heavy (non-hydrogen) atoms. The average Bonchev–Trinajstić information content (AvgIpc) is 2.79. The second-order valence-electron chi connectivity index (χ2n) is 8.59. The van der Waals surface area contributed by atoms with E-state index in [9.17, 15) is 4.79 Å². The zero-order valence-electron chi connectivity index (χ0n) is 18.6. The number of aromatic nitrogens is 2. The monoisotopic (exact) mass is 451 g/mol. The number of carbonyl (C=O) groups excluding carboxylic acids is 1. The first kappa shape index (κ1) is 21.2. The number of hydrogen-bond donors (Lipinski definition) is 3. The molecule has 0 radical (unpaired) electrons. The van der Waals surface area contributed by atoms with Crippen molar-refractivity contribution in [2.24, 2.45) is 5.92 Å². The first-order valence-electron chi connectivity index (χ1n) is 11.2. The van der Waals surface area contributed by atoms with Gasteiger partial charge in [-0.2, -0.15) is 0 Å². The van der Waals surface area contributed by atoms with Crippen molar-refractivity contribution in [1.29, 1.82) is 0 Å². The summed E-state index contributed by atoms with van der Waals surface area (Å²) < 4.78 is 26.3. The second kappa shape index (κ2) is 8.38. The quantitative estimate of drug-likeness (QED) is 0.485. The van der Waals surface area contributed by atoms with E-state index in [-0.39, 0.29) is 11.8 Å². The molecule has 1 aliphatic heterocycles. The summed E-state index contributed by atoms with van der Waals surface area (Å²) in [6.07, 6.45) is 5.32. The molecule has 3 heterocycles. The van der Waals surface area contributed by atoms with Gasteiger partial charge in [-0.1, -0.05) is 13.3 Å². The standard InChI is InChI=1S/C24H26FN5O3/c1-3-13-6-15(7-13)33-24(31)30-19-9-14-8-16(20(25)21(26)18(14)11-28-19)17-10-29-23-22(12(17)2)27-4-5-32-23/h8-11,13,15,27H,3-7,26H2,1-2H3,(H,28,30,31).